The molecule has 0 aliphatic heterocycles. The van der Waals surface area contributed by atoms with Crippen LogP contribution < -0.4 is 3.82 Å². The van der Waals surface area contributed by atoms with Crippen LogP contribution in [0.1, 0.15) is 19.4 Å². The van der Waals surface area contributed by atoms with Gasteiger partial charge in [-0.2, -0.15) is 12.2 Å². The molecule has 3 aromatic carbocycles. The van der Waals surface area contributed by atoms with Crippen molar-refractivity contribution in [3.05, 3.63) is 72.4 Å². The molecule has 5 nitrogen and oxygen atoms in total. The highest BCUT2D eigenvalue weighted by atomic mass is 35.5. The Balaban J connectivity index is 1.70. The molecule has 0 aliphatic rings. The average Bonchev–Trinajstić information content (AvgIpc) is 3.21. The van der Waals surface area contributed by atoms with E-state index in [1.807, 2.05) is 42.6 Å². The van der Waals surface area contributed by atoms with Gasteiger partial charge in [0.05, 0.1) is 10.6 Å². The number of nitrogens with one attached hydrogen (secondary N) is 1. The Morgan fingerprint density at radius 2 is 1.68 bits per heavy atom. The zero-order valence-corrected chi connectivity index (χ0v) is 19.2. The molecule has 0 unspecified atom stereocenters. The molecular weight excluding hydrogens is 430 g/mol. The van der Waals surface area contributed by atoms with Crippen LogP contribution >= 0.6 is 11.8 Å². The zero-order chi connectivity index (χ0) is 22.0. The van der Waals surface area contributed by atoms with E-state index in [0.717, 1.165) is 51.7 Å². The van der Waals surface area contributed by atoms with Crippen LogP contribution in [0.4, 0.5) is 5.69 Å². The van der Waals surface area contributed by atoms with Crippen molar-refractivity contribution in [1.29, 1.82) is 0 Å². The third kappa shape index (κ3) is 4.15. The first kappa shape index (κ1) is 21.7. The lowest BCUT2D eigenvalue weighted by Crippen LogP contribution is -2.25. The maximum absolute atomic E-state index is 13.4. The Labute approximate surface area is 188 Å². The second-order valence-corrected chi connectivity index (χ2v) is 9.81. The molecule has 0 fully saturated rings. The third-order valence-corrected chi connectivity index (χ3v) is 8.07. The van der Waals surface area contributed by atoms with Crippen molar-refractivity contribution >= 4 is 49.2 Å². The van der Waals surface area contributed by atoms with Gasteiger partial charge in [0.2, 0.25) is 0 Å². The highest BCUT2D eigenvalue weighted by molar-refractivity contribution is 7.94. The van der Waals surface area contributed by atoms with Gasteiger partial charge in [-0.1, -0.05) is 50.2 Å². The maximum Gasteiger partial charge on any atom is 0.278 e. The summed E-state index contributed by atoms with van der Waals surface area (Å²) in [5.41, 5.74) is 2.54. The Kier molecular flexibility index (Phi) is 6.23. The van der Waals surface area contributed by atoms with Crippen molar-refractivity contribution in [2.75, 3.05) is 23.5 Å². The molecule has 4 aromatic rings. The Hall–Kier alpha value is -2.54. The number of fused-ring (bicyclic) bond motifs is 2. The number of rotatable bonds is 8. The van der Waals surface area contributed by atoms with Crippen molar-refractivity contribution in [3.8, 4) is 0 Å². The summed E-state index contributed by atoms with van der Waals surface area (Å²) in [6, 6.07) is 18.1. The summed E-state index contributed by atoms with van der Waals surface area (Å²) < 4.78 is 27.6. The number of sulfonamides is 1. The van der Waals surface area contributed by atoms with Gasteiger partial charge >= 0.3 is 0 Å². The molecule has 1 heterocycles. The molecule has 0 amide bonds. The maximum atomic E-state index is 13.4. The minimum Gasteiger partial charge on any atom is -0.361 e. The second kappa shape index (κ2) is 8.91. The molecule has 0 aliphatic carbocycles. The topological polar surface area (TPSA) is 56.4 Å². The highest BCUT2D eigenvalue weighted by Gasteiger charge is 2.26. The van der Waals surface area contributed by atoms with Crippen molar-refractivity contribution in [1.82, 2.24) is 9.88 Å². The predicted molar refractivity (Wildman–Crippen MR) is 129 cm³/mol. The number of benzene rings is 3. The fourth-order valence-electron chi connectivity index (χ4n) is 3.95. The second-order valence-electron chi connectivity index (χ2n) is 7.52. The van der Waals surface area contributed by atoms with Gasteiger partial charge in [-0.3, -0.25) is 0 Å². The molecule has 0 bridgehead atoms. The molecule has 0 spiro atoms. The predicted octanol–water partition coefficient (Wildman–Crippen LogP) is 5.55. The van der Waals surface area contributed by atoms with Crippen LogP contribution in [-0.4, -0.2) is 37.9 Å². The number of aromatic amines is 1. The summed E-state index contributed by atoms with van der Waals surface area (Å²) in [7, 11) is -3.94. The molecule has 0 saturated carbocycles. The van der Waals surface area contributed by atoms with Gasteiger partial charge in [-0.05, 0) is 54.7 Å². The summed E-state index contributed by atoms with van der Waals surface area (Å²) in [4.78, 5) is 5.83. The quantitative estimate of drug-likeness (QED) is 0.354. The third-order valence-electron chi connectivity index (χ3n) is 5.78. The molecule has 1 aromatic heterocycles. The number of halogens is 1. The number of nitrogens with zero attached hydrogens (tertiary/aromatic N) is 2. The van der Waals surface area contributed by atoms with E-state index < -0.39 is 10.0 Å². The van der Waals surface area contributed by atoms with E-state index in [9.17, 15) is 8.42 Å². The molecule has 0 atom stereocenters. The number of anilines is 1. The first-order chi connectivity index (χ1) is 15.0. The molecule has 4 rings (SSSR count). The van der Waals surface area contributed by atoms with E-state index >= 15 is 0 Å². The number of H-pyrrole nitrogens is 1. The van der Waals surface area contributed by atoms with E-state index in [2.05, 4.69) is 23.7 Å². The van der Waals surface area contributed by atoms with Crippen LogP contribution in [0.2, 0.25) is 0 Å². The molecule has 0 saturated heterocycles. The van der Waals surface area contributed by atoms with Crippen LogP contribution in [0.5, 0.6) is 0 Å². The Morgan fingerprint density at radius 3 is 2.45 bits per heavy atom. The minimum atomic E-state index is -3.94. The number of hydrogen-bond donors (Lipinski definition) is 1. The van der Waals surface area contributed by atoms with Crippen LogP contribution in [0.15, 0.2) is 71.8 Å². The highest BCUT2D eigenvalue weighted by Crippen LogP contribution is 2.33. The first-order valence-electron chi connectivity index (χ1n) is 10.5. The average molecular weight is 456 g/mol. The van der Waals surface area contributed by atoms with Crippen molar-refractivity contribution in [2.45, 2.75) is 25.2 Å². The van der Waals surface area contributed by atoms with Gasteiger partial charge in [0, 0.05) is 40.8 Å². The fraction of sp³-hybridized carbons (Fsp3) is 0.250. The van der Waals surface area contributed by atoms with Gasteiger partial charge in [0.25, 0.3) is 10.0 Å². The first-order valence-corrected chi connectivity index (χ1v) is 12.2. The summed E-state index contributed by atoms with van der Waals surface area (Å²) in [6.45, 7) is 7.26. The van der Waals surface area contributed by atoms with Gasteiger partial charge in [0.15, 0.2) is 0 Å². The van der Waals surface area contributed by atoms with E-state index in [0.29, 0.717) is 11.1 Å². The molecule has 0 radical (unpaired) electrons. The van der Waals surface area contributed by atoms with Gasteiger partial charge in [-0.25, -0.2) is 0 Å². The van der Waals surface area contributed by atoms with E-state index in [-0.39, 0.29) is 4.90 Å². The van der Waals surface area contributed by atoms with Crippen molar-refractivity contribution in [3.63, 3.8) is 0 Å². The van der Waals surface area contributed by atoms with E-state index in [1.165, 1.54) is 0 Å². The molecule has 31 heavy (non-hydrogen) atoms. The number of hydrogen-bond acceptors (Lipinski definition) is 3. The van der Waals surface area contributed by atoms with Crippen LogP contribution in [0.25, 0.3) is 21.7 Å². The molecule has 162 valence electrons. The van der Waals surface area contributed by atoms with E-state index in [1.54, 1.807) is 24.3 Å². The monoisotopic (exact) mass is 455 g/mol. The van der Waals surface area contributed by atoms with Crippen LogP contribution in [-0.2, 0) is 16.4 Å². The Bertz CT molecular complexity index is 1310. The smallest absolute Gasteiger partial charge is 0.278 e. The standard InChI is InChI=1S/C24H26ClN3O2S/c1-3-27(4-2)15-14-19-17-26-23-13-12-20(16-22(19)23)28(25)31(29,30)24-11-7-9-18-8-5-6-10-21(18)24/h5-13,16-17,26H,3-4,14-15H2,1-2H3. The van der Waals surface area contributed by atoms with Gasteiger partial charge in [-0.15, -0.1) is 0 Å². The van der Waals surface area contributed by atoms with Crippen molar-refractivity contribution < 1.29 is 8.42 Å². The lowest BCUT2D eigenvalue weighted by Gasteiger charge is -2.18. The largest absolute Gasteiger partial charge is 0.361 e. The fourth-order valence-corrected chi connectivity index (χ4v) is 5.55. The molecule has 1 N–H and O–H groups in total. The van der Waals surface area contributed by atoms with Crippen molar-refractivity contribution in [2.24, 2.45) is 0 Å². The number of aromatic nitrogens is 1. The normalized spacial score (nSPS) is 12.1. The number of likely N-dealkylation sites (N-methyl/N-ethyl adjacent to an activating group) is 1. The molecular formula is C24H26ClN3O2S. The lowest BCUT2D eigenvalue weighted by atomic mass is 10.1. The summed E-state index contributed by atoms with van der Waals surface area (Å²) in [6.07, 6.45) is 2.87. The lowest BCUT2D eigenvalue weighted by molar-refractivity contribution is 0.308. The van der Waals surface area contributed by atoms with Gasteiger partial charge in [0.1, 0.15) is 0 Å². The minimum absolute atomic E-state index is 0.191. The summed E-state index contributed by atoms with van der Waals surface area (Å²) >= 11 is 6.45. The van der Waals surface area contributed by atoms with Crippen LogP contribution in [0, 0.1) is 0 Å². The zero-order valence-electron chi connectivity index (χ0n) is 17.7. The van der Waals surface area contributed by atoms with Gasteiger partial charge < -0.3 is 9.88 Å². The SMILES string of the molecule is CCN(CC)CCc1c[nH]c2ccc(N(Cl)S(=O)(=O)c3cccc4ccccc34)cc12. The Morgan fingerprint density at radius 1 is 0.935 bits per heavy atom. The summed E-state index contributed by atoms with van der Waals surface area (Å²) in [5.74, 6) is 0. The summed E-state index contributed by atoms with van der Waals surface area (Å²) in [5, 5.41) is 2.50. The molecule has 7 heteroatoms. The van der Waals surface area contributed by atoms with Crippen LogP contribution in [0.3, 0.4) is 0 Å². The van der Waals surface area contributed by atoms with E-state index in [4.69, 9.17) is 11.8 Å².